The van der Waals surface area contributed by atoms with Crippen LogP contribution in [0, 0.1) is 0 Å². The number of carboxylic acid groups (broad SMARTS) is 1. The molecule has 0 aliphatic heterocycles. The zero-order chi connectivity index (χ0) is 17.0. The Hall–Kier alpha value is -2.16. The molecule has 0 aliphatic rings. The van der Waals surface area contributed by atoms with Gasteiger partial charge in [0.25, 0.3) is 0 Å². The number of nitrogens with two attached hydrogens (primary N) is 1. The first-order chi connectivity index (χ1) is 10.4. The van der Waals surface area contributed by atoms with Crippen molar-refractivity contribution in [2.45, 2.75) is 38.1 Å². The fraction of sp³-hybridized carbons (Fsp3) is 0.692. The number of amides is 3. The molecule has 9 heteroatoms. The van der Waals surface area contributed by atoms with Gasteiger partial charge in [-0.05, 0) is 19.3 Å². The van der Waals surface area contributed by atoms with Crippen LogP contribution in [0.1, 0.15) is 32.1 Å². The molecule has 0 heterocycles. The lowest BCUT2D eigenvalue weighted by Crippen LogP contribution is -2.43. The molecule has 0 fully saturated rings. The lowest BCUT2D eigenvalue weighted by atomic mass is 10.1. The van der Waals surface area contributed by atoms with E-state index in [4.69, 9.17) is 10.8 Å². The average molecular weight is 317 g/mol. The summed E-state index contributed by atoms with van der Waals surface area (Å²) >= 11 is 0. The van der Waals surface area contributed by atoms with Gasteiger partial charge in [0.2, 0.25) is 17.7 Å². The molecule has 1 unspecified atom stereocenters. The standard InChI is InChI=1S/C13H23N3O6/c1-22-8-12(19)16-9(13(20)21)5-6-11(18)15-7-3-2-4-10(14)17/h9H,2-8H2,1H3,(H2,14,17)(H,15,18)(H,16,19)(H,20,21). The molecule has 0 bridgehead atoms. The van der Waals surface area contributed by atoms with Crippen molar-refractivity contribution in [1.29, 1.82) is 0 Å². The SMILES string of the molecule is COCC(=O)NC(CCC(=O)NCCCCC(N)=O)C(=O)O. The van der Waals surface area contributed by atoms with Crippen LogP contribution in [-0.4, -0.2) is 55.1 Å². The lowest BCUT2D eigenvalue weighted by molar-refractivity contribution is -0.142. The van der Waals surface area contributed by atoms with Crippen molar-refractivity contribution in [2.75, 3.05) is 20.3 Å². The number of carbonyl (C=O) groups excluding carboxylic acids is 3. The smallest absolute Gasteiger partial charge is 0.326 e. The van der Waals surface area contributed by atoms with Crippen molar-refractivity contribution >= 4 is 23.7 Å². The van der Waals surface area contributed by atoms with Crippen molar-refractivity contribution < 1.29 is 29.0 Å². The third kappa shape index (κ3) is 10.6. The maximum Gasteiger partial charge on any atom is 0.326 e. The molecule has 1 atom stereocenters. The van der Waals surface area contributed by atoms with E-state index >= 15 is 0 Å². The first-order valence-electron chi connectivity index (χ1n) is 6.93. The summed E-state index contributed by atoms with van der Waals surface area (Å²) in [7, 11) is 1.32. The number of nitrogens with one attached hydrogen (secondary N) is 2. The van der Waals surface area contributed by atoms with E-state index in [1.54, 1.807) is 0 Å². The van der Waals surface area contributed by atoms with Gasteiger partial charge in [-0.3, -0.25) is 14.4 Å². The minimum absolute atomic E-state index is 0.0160. The first kappa shape index (κ1) is 19.8. The second-order valence-corrected chi connectivity index (χ2v) is 4.70. The zero-order valence-electron chi connectivity index (χ0n) is 12.6. The van der Waals surface area contributed by atoms with E-state index < -0.39 is 17.9 Å². The van der Waals surface area contributed by atoms with Crippen LogP contribution in [0.5, 0.6) is 0 Å². The lowest BCUT2D eigenvalue weighted by Gasteiger charge is -2.14. The Bertz CT molecular complexity index is 399. The van der Waals surface area contributed by atoms with E-state index in [1.165, 1.54) is 7.11 Å². The number of ether oxygens (including phenoxy) is 1. The van der Waals surface area contributed by atoms with Crippen LogP contribution >= 0.6 is 0 Å². The summed E-state index contributed by atoms with van der Waals surface area (Å²) in [5.74, 6) is -2.46. The Morgan fingerprint density at radius 3 is 2.36 bits per heavy atom. The molecule has 0 spiro atoms. The highest BCUT2D eigenvalue weighted by Gasteiger charge is 2.20. The number of methoxy groups -OCH3 is 1. The molecule has 5 N–H and O–H groups in total. The number of unbranched alkanes of at least 4 members (excludes halogenated alkanes) is 1. The highest BCUT2D eigenvalue weighted by Crippen LogP contribution is 1.99. The number of aliphatic carboxylic acids is 1. The first-order valence-corrected chi connectivity index (χ1v) is 6.93. The van der Waals surface area contributed by atoms with Gasteiger partial charge < -0.3 is 26.2 Å². The normalized spacial score (nSPS) is 11.5. The highest BCUT2D eigenvalue weighted by molar-refractivity contribution is 5.85. The highest BCUT2D eigenvalue weighted by atomic mass is 16.5. The number of carboxylic acids is 1. The van der Waals surface area contributed by atoms with Gasteiger partial charge in [-0.25, -0.2) is 4.79 Å². The van der Waals surface area contributed by atoms with Crippen LogP contribution in [0.3, 0.4) is 0 Å². The van der Waals surface area contributed by atoms with E-state index in [9.17, 15) is 19.2 Å². The third-order valence-corrected chi connectivity index (χ3v) is 2.74. The topological polar surface area (TPSA) is 148 Å². The van der Waals surface area contributed by atoms with E-state index in [0.717, 1.165) is 0 Å². The van der Waals surface area contributed by atoms with E-state index in [2.05, 4.69) is 15.4 Å². The molecule has 0 aromatic rings. The predicted molar refractivity (Wildman–Crippen MR) is 76.7 cm³/mol. The molecule has 0 saturated carbocycles. The van der Waals surface area contributed by atoms with Gasteiger partial charge in [0.15, 0.2) is 0 Å². The van der Waals surface area contributed by atoms with Crippen molar-refractivity contribution in [1.82, 2.24) is 10.6 Å². The van der Waals surface area contributed by atoms with Gasteiger partial charge in [0.05, 0.1) is 0 Å². The maximum absolute atomic E-state index is 11.5. The Morgan fingerprint density at radius 2 is 1.82 bits per heavy atom. The quantitative estimate of drug-likeness (QED) is 0.331. The van der Waals surface area contributed by atoms with Crippen LogP contribution in [0.25, 0.3) is 0 Å². The van der Waals surface area contributed by atoms with Crippen LogP contribution in [0.2, 0.25) is 0 Å². The molecule has 126 valence electrons. The Balaban J connectivity index is 3.94. The van der Waals surface area contributed by atoms with E-state index in [1.807, 2.05) is 0 Å². The summed E-state index contributed by atoms with van der Waals surface area (Å²) in [6.45, 7) is 0.149. The van der Waals surface area contributed by atoms with Crippen LogP contribution in [0.15, 0.2) is 0 Å². The summed E-state index contributed by atoms with van der Waals surface area (Å²) in [4.78, 5) is 44.3. The second kappa shape index (κ2) is 11.5. The molecular weight excluding hydrogens is 294 g/mol. The number of hydrogen-bond donors (Lipinski definition) is 4. The minimum atomic E-state index is -1.21. The molecule has 9 nitrogen and oxygen atoms in total. The van der Waals surface area contributed by atoms with Gasteiger partial charge >= 0.3 is 5.97 Å². The molecule has 0 aliphatic carbocycles. The maximum atomic E-state index is 11.5. The van der Waals surface area contributed by atoms with Crippen LogP contribution in [-0.2, 0) is 23.9 Å². The summed E-state index contributed by atoms with van der Waals surface area (Å²) in [6.07, 6.45) is 1.42. The van der Waals surface area contributed by atoms with Gasteiger partial charge in [-0.1, -0.05) is 0 Å². The number of hydrogen-bond acceptors (Lipinski definition) is 5. The molecular formula is C13H23N3O6. The number of carbonyl (C=O) groups is 4. The number of rotatable bonds is 12. The summed E-state index contributed by atoms with van der Waals surface area (Å²) in [5.41, 5.74) is 4.98. The Morgan fingerprint density at radius 1 is 1.14 bits per heavy atom. The zero-order valence-corrected chi connectivity index (χ0v) is 12.6. The predicted octanol–water partition coefficient (Wildman–Crippen LogP) is -1.25. The van der Waals surface area contributed by atoms with Crippen molar-refractivity contribution in [3.8, 4) is 0 Å². The van der Waals surface area contributed by atoms with E-state index in [0.29, 0.717) is 19.4 Å². The average Bonchev–Trinajstić information content (AvgIpc) is 2.42. The van der Waals surface area contributed by atoms with Gasteiger partial charge in [0, 0.05) is 26.5 Å². The van der Waals surface area contributed by atoms with Crippen LogP contribution in [0.4, 0.5) is 0 Å². The number of primary amides is 1. The van der Waals surface area contributed by atoms with E-state index in [-0.39, 0.29) is 37.7 Å². The van der Waals surface area contributed by atoms with Crippen molar-refractivity contribution in [3.05, 3.63) is 0 Å². The van der Waals surface area contributed by atoms with Gasteiger partial charge in [-0.2, -0.15) is 0 Å². The molecule has 0 radical (unpaired) electrons. The molecule has 0 aromatic heterocycles. The Kier molecular flexibility index (Phi) is 10.4. The molecule has 3 amide bonds. The largest absolute Gasteiger partial charge is 0.480 e. The van der Waals surface area contributed by atoms with Crippen molar-refractivity contribution in [3.63, 3.8) is 0 Å². The van der Waals surface area contributed by atoms with Crippen LogP contribution < -0.4 is 16.4 Å². The summed E-state index contributed by atoms with van der Waals surface area (Å²) in [6, 6.07) is -1.14. The Labute approximate surface area is 128 Å². The summed E-state index contributed by atoms with van der Waals surface area (Å²) < 4.78 is 4.59. The summed E-state index contributed by atoms with van der Waals surface area (Å²) in [5, 5.41) is 13.8. The minimum Gasteiger partial charge on any atom is -0.480 e. The fourth-order valence-corrected chi connectivity index (χ4v) is 1.64. The molecule has 0 aromatic carbocycles. The van der Waals surface area contributed by atoms with Gasteiger partial charge in [-0.15, -0.1) is 0 Å². The second-order valence-electron chi connectivity index (χ2n) is 4.70. The molecule has 22 heavy (non-hydrogen) atoms. The molecule has 0 rings (SSSR count). The molecule has 0 saturated heterocycles. The van der Waals surface area contributed by atoms with Crippen molar-refractivity contribution in [2.24, 2.45) is 5.73 Å². The third-order valence-electron chi connectivity index (χ3n) is 2.74. The monoisotopic (exact) mass is 317 g/mol. The van der Waals surface area contributed by atoms with Gasteiger partial charge in [0.1, 0.15) is 12.6 Å². The fourth-order valence-electron chi connectivity index (χ4n) is 1.64.